The predicted molar refractivity (Wildman–Crippen MR) is 47.4 cm³/mol. The van der Waals surface area contributed by atoms with E-state index in [1.54, 1.807) is 24.3 Å². The van der Waals surface area contributed by atoms with Crippen LogP contribution in [0.5, 0.6) is 0 Å². The summed E-state index contributed by atoms with van der Waals surface area (Å²) in [4.78, 5) is 0. The van der Waals surface area contributed by atoms with Gasteiger partial charge >= 0.3 is 0 Å². The smallest absolute Gasteiger partial charge is 0.236 e. The molecule has 0 fully saturated rings. The van der Waals surface area contributed by atoms with Crippen LogP contribution in [-0.4, -0.2) is 8.42 Å². The van der Waals surface area contributed by atoms with Crippen LogP contribution >= 0.6 is 10.7 Å². The van der Waals surface area contributed by atoms with Crippen molar-refractivity contribution in [1.82, 2.24) is 0 Å². The van der Waals surface area contributed by atoms with Crippen LogP contribution in [0.25, 0.3) is 0 Å². The van der Waals surface area contributed by atoms with Crippen molar-refractivity contribution >= 4 is 19.7 Å². The van der Waals surface area contributed by atoms with Gasteiger partial charge in [-0.15, -0.1) is 0 Å². The molecule has 0 aliphatic carbocycles. The van der Waals surface area contributed by atoms with E-state index in [4.69, 9.17) is 10.7 Å². The predicted octanol–water partition coefficient (Wildman–Crippen LogP) is 1.91. The summed E-state index contributed by atoms with van der Waals surface area (Å²) in [5.41, 5.74) is 0.711. The molecule has 0 atom stereocenters. The van der Waals surface area contributed by atoms with Crippen molar-refractivity contribution in [2.45, 2.75) is 5.75 Å². The second kappa shape index (κ2) is 4.42. The maximum Gasteiger partial charge on any atom is 0.236 e. The lowest BCUT2D eigenvalue weighted by Gasteiger charge is -1.94. The molecule has 0 spiro atoms. The molecule has 68 valence electrons. The third kappa shape index (κ3) is 4.31. The van der Waals surface area contributed by atoms with E-state index < -0.39 is 9.05 Å². The summed E-state index contributed by atoms with van der Waals surface area (Å²) in [7, 11) is 1.63. The van der Waals surface area contributed by atoms with Crippen LogP contribution in [-0.2, 0) is 14.8 Å². The topological polar surface area (TPSA) is 34.1 Å². The molecule has 0 N–H and O–H groups in total. The number of rotatable bonds is 2. The molecular formula is C7H8ClFO2S. The van der Waals surface area contributed by atoms with E-state index in [9.17, 15) is 8.42 Å². The molecule has 0 saturated carbocycles. The monoisotopic (exact) mass is 210 g/mol. The first-order valence-electron chi connectivity index (χ1n) is 3.04. The summed E-state index contributed by atoms with van der Waals surface area (Å²) in [6, 6.07) is 8.82. The molecule has 0 bridgehead atoms. The standard InChI is InChI=1S/C7H7ClO2S.FH/c8-11(9,10)6-7-4-2-1-3-5-7;/h1-5H,6H2;1H. The van der Waals surface area contributed by atoms with Crippen LogP contribution in [0, 0.1) is 0 Å². The highest BCUT2D eigenvalue weighted by molar-refractivity contribution is 8.13. The molecule has 0 unspecified atom stereocenters. The Hall–Kier alpha value is -0.610. The Bertz CT molecular complexity index is 323. The van der Waals surface area contributed by atoms with Gasteiger partial charge in [0, 0.05) is 10.7 Å². The van der Waals surface area contributed by atoms with E-state index >= 15 is 0 Å². The van der Waals surface area contributed by atoms with Gasteiger partial charge in [-0.25, -0.2) is 8.42 Å². The van der Waals surface area contributed by atoms with Crippen LogP contribution in [0.15, 0.2) is 30.3 Å². The van der Waals surface area contributed by atoms with Crippen molar-refractivity contribution in [1.29, 1.82) is 0 Å². The molecule has 0 amide bonds. The number of hydrogen-bond acceptors (Lipinski definition) is 2. The Morgan fingerprint density at radius 2 is 1.67 bits per heavy atom. The second-order valence-electron chi connectivity index (χ2n) is 2.17. The molecule has 1 rings (SSSR count). The molecule has 5 heteroatoms. The van der Waals surface area contributed by atoms with Crippen LogP contribution in [0.2, 0.25) is 0 Å². The summed E-state index contributed by atoms with van der Waals surface area (Å²) < 4.78 is 21.1. The maximum absolute atomic E-state index is 10.6. The SMILES string of the molecule is F.O=S(=O)(Cl)Cc1ccccc1. The number of benzene rings is 1. The second-order valence-corrected chi connectivity index (χ2v) is 4.95. The molecular weight excluding hydrogens is 203 g/mol. The Morgan fingerprint density at radius 3 is 2.08 bits per heavy atom. The van der Waals surface area contributed by atoms with E-state index in [2.05, 4.69) is 0 Å². The fourth-order valence-corrected chi connectivity index (χ4v) is 1.74. The summed E-state index contributed by atoms with van der Waals surface area (Å²) >= 11 is 0. The normalized spacial score (nSPS) is 10.4. The Balaban J connectivity index is 0.00000121. The summed E-state index contributed by atoms with van der Waals surface area (Å²) in [6.07, 6.45) is 0. The van der Waals surface area contributed by atoms with Crippen LogP contribution in [0.1, 0.15) is 5.56 Å². The average molecular weight is 211 g/mol. The molecule has 1 aromatic rings. The Kier molecular flexibility index (Phi) is 4.20. The van der Waals surface area contributed by atoms with Crippen molar-refractivity contribution in [3.05, 3.63) is 35.9 Å². The van der Waals surface area contributed by atoms with Gasteiger partial charge in [-0.1, -0.05) is 30.3 Å². The van der Waals surface area contributed by atoms with E-state index in [1.165, 1.54) is 0 Å². The first kappa shape index (κ1) is 11.4. The number of hydrogen-bond donors (Lipinski definition) is 0. The van der Waals surface area contributed by atoms with E-state index in [1.807, 2.05) is 6.07 Å². The average Bonchev–Trinajstić information content (AvgIpc) is 1.85. The minimum atomic E-state index is -3.40. The lowest BCUT2D eigenvalue weighted by atomic mass is 10.2. The lowest BCUT2D eigenvalue weighted by Crippen LogP contribution is -1.93. The van der Waals surface area contributed by atoms with Crippen molar-refractivity contribution in [2.75, 3.05) is 0 Å². The van der Waals surface area contributed by atoms with Crippen molar-refractivity contribution in [3.8, 4) is 0 Å². The van der Waals surface area contributed by atoms with Gasteiger partial charge in [0.05, 0.1) is 5.75 Å². The zero-order valence-electron chi connectivity index (χ0n) is 6.10. The van der Waals surface area contributed by atoms with Gasteiger partial charge in [-0.05, 0) is 5.56 Å². The van der Waals surface area contributed by atoms with Crippen LogP contribution in [0.3, 0.4) is 0 Å². The quantitative estimate of drug-likeness (QED) is 0.699. The van der Waals surface area contributed by atoms with E-state index in [0.717, 1.165) is 0 Å². The minimum Gasteiger partial charge on any atom is -0.269 e. The molecule has 0 aliphatic rings. The van der Waals surface area contributed by atoms with E-state index in [0.29, 0.717) is 5.56 Å². The van der Waals surface area contributed by atoms with Gasteiger partial charge in [0.2, 0.25) is 9.05 Å². The zero-order valence-corrected chi connectivity index (χ0v) is 7.68. The first-order valence-corrected chi connectivity index (χ1v) is 5.52. The molecule has 0 radical (unpaired) electrons. The van der Waals surface area contributed by atoms with Gasteiger partial charge in [0.15, 0.2) is 0 Å². The van der Waals surface area contributed by atoms with Gasteiger partial charge < -0.3 is 0 Å². The minimum absolute atomic E-state index is 0. The maximum atomic E-state index is 10.6. The highest BCUT2D eigenvalue weighted by atomic mass is 35.7. The van der Waals surface area contributed by atoms with Gasteiger partial charge in [-0.2, -0.15) is 0 Å². The third-order valence-corrected chi connectivity index (χ3v) is 2.19. The molecule has 0 aromatic heterocycles. The third-order valence-electron chi connectivity index (χ3n) is 1.18. The summed E-state index contributed by atoms with van der Waals surface area (Å²) in [5, 5.41) is 0. The highest BCUT2D eigenvalue weighted by Crippen LogP contribution is 2.08. The van der Waals surface area contributed by atoms with Crippen molar-refractivity contribution < 1.29 is 13.1 Å². The van der Waals surface area contributed by atoms with Crippen molar-refractivity contribution in [3.63, 3.8) is 0 Å². The Morgan fingerprint density at radius 1 is 1.17 bits per heavy atom. The highest BCUT2D eigenvalue weighted by Gasteiger charge is 2.04. The zero-order chi connectivity index (χ0) is 8.32. The molecule has 0 saturated heterocycles. The molecule has 12 heavy (non-hydrogen) atoms. The van der Waals surface area contributed by atoms with E-state index in [-0.39, 0.29) is 10.5 Å². The van der Waals surface area contributed by atoms with Gasteiger partial charge in [0.1, 0.15) is 0 Å². The van der Waals surface area contributed by atoms with Gasteiger partial charge in [-0.3, -0.25) is 4.70 Å². The van der Waals surface area contributed by atoms with Crippen LogP contribution in [0.4, 0.5) is 4.70 Å². The molecule has 1 aromatic carbocycles. The number of halogens is 2. The van der Waals surface area contributed by atoms with Crippen LogP contribution < -0.4 is 0 Å². The molecule has 0 heterocycles. The molecule has 2 nitrogen and oxygen atoms in total. The first-order chi connectivity index (χ1) is 5.08. The van der Waals surface area contributed by atoms with Crippen molar-refractivity contribution in [2.24, 2.45) is 0 Å². The lowest BCUT2D eigenvalue weighted by molar-refractivity contribution is 0.609. The summed E-state index contributed by atoms with van der Waals surface area (Å²) in [5.74, 6) is -0.102. The van der Waals surface area contributed by atoms with Gasteiger partial charge in [0.25, 0.3) is 0 Å². The Labute approximate surface area is 75.0 Å². The fraction of sp³-hybridized carbons (Fsp3) is 0.143. The fourth-order valence-electron chi connectivity index (χ4n) is 0.773. The summed E-state index contributed by atoms with van der Waals surface area (Å²) in [6.45, 7) is 0. The molecule has 0 aliphatic heterocycles. The largest absolute Gasteiger partial charge is 0.269 e.